The maximum atomic E-state index is 12.3. The smallest absolute Gasteiger partial charge is 0.410 e. The minimum Gasteiger partial charge on any atom is -0.410 e. The Morgan fingerprint density at radius 3 is 2.42 bits per heavy atom. The summed E-state index contributed by atoms with van der Waals surface area (Å²) in [5, 5.41) is 7.51. The first-order chi connectivity index (χ1) is 12.3. The lowest BCUT2D eigenvalue weighted by Crippen LogP contribution is -2.19. The summed E-state index contributed by atoms with van der Waals surface area (Å²) in [4.78, 5) is 12.3. The van der Waals surface area contributed by atoms with Crippen LogP contribution in [0.25, 0.3) is 5.69 Å². The fourth-order valence-electron chi connectivity index (χ4n) is 2.52. The van der Waals surface area contributed by atoms with Gasteiger partial charge in [0.15, 0.2) is 0 Å². The first kappa shape index (κ1) is 17.7. The Morgan fingerprint density at radius 1 is 1.04 bits per heavy atom. The number of amides is 1. The van der Waals surface area contributed by atoms with Crippen molar-refractivity contribution in [3.05, 3.63) is 71.9 Å². The van der Waals surface area contributed by atoms with Crippen LogP contribution in [0.3, 0.4) is 0 Å². The van der Waals surface area contributed by atoms with E-state index in [4.69, 9.17) is 9.84 Å². The van der Waals surface area contributed by atoms with Crippen molar-refractivity contribution in [2.24, 2.45) is 0 Å². The van der Waals surface area contributed by atoms with Crippen molar-refractivity contribution in [3.8, 4) is 11.4 Å². The van der Waals surface area contributed by atoms with Crippen molar-refractivity contribution in [3.63, 3.8) is 0 Å². The first-order valence-electron chi connectivity index (χ1n) is 8.54. The third-order valence-corrected chi connectivity index (χ3v) is 3.91. The molecule has 5 nitrogen and oxygen atoms in total. The number of carbonyl (C=O) groups excluding carboxylic acids is 1. The van der Waals surface area contributed by atoms with Gasteiger partial charge >= 0.3 is 6.09 Å². The summed E-state index contributed by atoms with van der Waals surface area (Å²) >= 11 is 0. The zero-order valence-corrected chi connectivity index (χ0v) is 15.5. The van der Waals surface area contributed by atoms with Crippen LogP contribution in [-0.4, -0.2) is 15.9 Å². The molecule has 1 heterocycles. The molecule has 134 valence electrons. The van der Waals surface area contributed by atoms with Gasteiger partial charge in [-0.3, -0.25) is 5.32 Å². The van der Waals surface area contributed by atoms with Gasteiger partial charge in [0, 0.05) is 11.5 Å². The van der Waals surface area contributed by atoms with Crippen molar-refractivity contribution < 1.29 is 9.53 Å². The molecule has 3 rings (SSSR count). The molecule has 5 heteroatoms. The number of aryl methyl sites for hydroxylation is 1. The number of benzene rings is 2. The molecular formula is C21H23N3O2. The molecule has 0 saturated heterocycles. The van der Waals surface area contributed by atoms with Gasteiger partial charge in [0.25, 0.3) is 0 Å². The average Bonchev–Trinajstić information content (AvgIpc) is 2.99. The molecule has 0 unspecified atom stereocenters. The highest BCUT2D eigenvalue weighted by molar-refractivity contribution is 5.85. The van der Waals surface area contributed by atoms with Crippen LogP contribution >= 0.6 is 0 Å². The van der Waals surface area contributed by atoms with E-state index in [2.05, 4.69) is 26.1 Å². The molecule has 0 saturated carbocycles. The normalized spacial score (nSPS) is 11.2. The van der Waals surface area contributed by atoms with Crippen molar-refractivity contribution in [1.29, 1.82) is 0 Å². The van der Waals surface area contributed by atoms with Gasteiger partial charge in [-0.15, -0.1) is 0 Å². The molecule has 0 spiro atoms. The maximum absolute atomic E-state index is 12.3. The molecule has 26 heavy (non-hydrogen) atoms. The van der Waals surface area contributed by atoms with Crippen LogP contribution in [0.15, 0.2) is 60.7 Å². The summed E-state index contributed by atoms with van der Waals surface area (Å²) in [7, 11) is 0. The molecule has 1 aromatic heterocycles. The highest BCUT2D eigenvalue weighted by Crippen LogP contribution is 2.26. The first-order valence-corrected chi connectivity index (χ1v) is 8.54. The van der Waals surface area contributed by atoms with Gasteiger partial charge in [-0.05, 0) is 36.8 Å². The highest BCUT2D eigenvalue weighted by Gasteiger charge is 2.22. The van der Waals surface area contributed by atoms with E-state index in [1.807, 2.05) is 55.5 Å². The third-order valence-electron chi connectivity index (χ3n) is 3.91. The number of anilines is 1. The molecule has 0 fully saturated rings. The summed E-state index contributed by atoms with van der Waals surface area (Å²) in [6, 6.07) is 18.8. The Labute approximate surface area is 153 Å². The predicted octanol–water partition coefficient (Wildman–Crippen LogP) is 5.09. The van der Waals surface area contributed by atoms with Crippen LogP contribution in [0.2, 0.25) is 0 Å². The van der Waals surface area contributed by atoms with E-state index in [0.29, 0.717) is 11.6 Å². The number of carbonyl (C=O) groups is 1. The molecule has 0 aliphatic carbocycles. The molecule has 2 aromatic carbocycles. The summed E-state index contributed by atoms with van der Waals surface area (Å²) in [5.74, 6) is 1.06. The van der Waals surface area contributed by atoms with Gasteiger partial charge in [0.2, 0.25) is 0 Å². The Kier molecular flexibility index (Phi) is 4.80. The van der Waals surface area contributed by atoms with E-state index in [-0.39, 0.29) is 5.41 Å². The summed E-state index contributed by atoms with van der Waals surface area (Å²) < 4.78 is 7.07. The second-order valence-electron chi connectivity index (χ2n) is 7.24. The van der Waals surface area contributed by atoms with Crippen molar-refractivity contribution in [1.82, 2.24) is 9.78 Å². The number of aromatic nitrogens is 2. The third kappa shape index (κ3) is 4.11. The topological polar surface area (TPSA) is 56.2 Å². The zero-order chi connectivity index (χ0) is 18.7. The van der Waals surface area contributed by atoms with Gasteiger partial charge in [0.05, 0.1) is 11.4 Å². The fourth-order valence-corrected chi connectivity index (χ4v) is 2.52. The number of rotatable bonds is 3. The van der Waals surface area contributed by atoms with Gasteiger partial charge in [-0.25, -0.2) is 9.48 Å². The number of ether oxygens (including phenoxy) is 1. The van der Waals surface area contributed by atoms with E-state index in [1.54, 1.807) is 16.8 Å². The molecule has 0 atom stereocenters. The minimum atomic E-state index is -0.550. The maximum Gasteiger partial charge on any atom is 0.418 e. The standard InChI is InChI=1S/C21H23N3O2/c1-15-9-8-10-16(13-15)24-19(14-18(23-24)21(2,3)4)22-20(25)26-17-11-6-5-7-12-17/h5-14H,1-4H3,(H,22,25). The number of nitrogens with one attached hydrogen (secondary N) is 1. The second kappa shape index (κ2) is 7.04. The number of nitrogens with zero attached hydrogens (tertiary/aromatic N) is 2. The number of para-hydroxylation sites is 1. The number of hydrogen-bond acceptors (Lipinski definition) is 3. The molecule has 0 radical (unpaired) electrons. The lowest BCUT2D eigenvalue weighted by molar-refractivity contribution is 0.215. The Bertz CT molecular complexity index is 909. The number of hydrogen-bond donors (Lipinski definition) is 1. The Morgan fingerprint density at radius 2 is 1.77 bits per heavy atom. The second-order valence-corrected chi connectivity index (χ2v) is 7.24. The van der Waals surface area contributed by atoms with Crippen LogP contribution in [0.4, 0.5) is 10.6 Å². The minimum absolute atomic E-state index is 0.144. The molecule has 0 aliphatic heterocycles. The van der Waals surface area contributed by atoms with E-state index in [0.717, 1.165) is 16.9 Å². The lowest BCUT2D eigenvalue weighted by atomic mass is 9.92. The summed E-state index contributed by atoms with van der Waals surface area (Å²) in [5.41, 5.74) is 2.74. The van der Waals surface area contributed by atoms with E-state index < -0.39 is 6.09 Å². The van der Waals surface area contributed by atoms with Crippen molar-refractivity contribution in [2.45, 2.75) is 33.1 Å². The average molecular weight is 349 g/mol. The van der Waals surface area contributed by atoms with Gasteiger partial charge in [-0.2, -0.15) is 5.10 Å². The zero-order valence-electron chi connectivity index (χ0n) is 15.5. The summed E-state index contributed by atoms with van der Waals surface area (Å²) in [6.07, 6.45) is -0.550. The van der Waals surface area contributed by atoms with E-state index in [1.165, 1.54) is 0 Å². The highest BCUT2D eigenvalue weighted by atomic mass is 16.6. The lowest BCUT2D eigenvalue weighted by Gasteiger charge is -2.14. The Balaban J connectivity index is 1.92. The van der Waals surface area contributed by atoms with Crippen molar-refractivity contribution in [2.75, 3.05) is 5.32 Å². The van der Waals surface area contributed by atoms with Crippen molar-refractivity contribution >= 4 is 11.9 Å². The van der Waals surface area contributed by atoms with E-state index >= 15 is 0 Å². The molecule has 1 N–H and O–H groups in total. The van der Waals surface area contributed by atoms with Crippen LogP contribution in [-0.2, 0) is 5.41 Å². The quantitative estimate of drug-likeness (QED) is 0.716. The van der Waals surface area contributed by atoms with E-state index in [9.17, 15) is 4.79 Å². The van der Waals surface area contributed by atoms with Gasteiger partial charge in [-0.1, -0.05) is 51.1 Å². The largest absolute Gasteiger partial charge is 0.418 e. The molecular weight excluding hydrogens is 326 g/mol. The SMILES string of the molecule is Cc1cccc(-n2nc(C(C)(C)C)cc2NC(=O)Oc2ccccc2)c1. The van der Waals surface area contributed by atoms with Gasteiger partial charge in [0.1, 0.15) is 11.6 Å². The van der Waals surface area contributed by atoms with Crippen LogP contribution in [0.1, 0.15) is 32.0 Å². The summed E-state index contributed by atoms with van der Waals surface area (Å²) in [6.45, 7) is 8.28. The fraction of sp³-hybridized carbons (Fsp3) is 0.238. The Hall–Kier alpha value is -3.08. The molecule has 0 bridgehead atoms. The van der Waals surface area contributed by atoms with Crippen LogP contribution in [0.5, 0.6) is 5.75 Å². The van der Waals surface area contributed by atoms with Crippen LogP contribution in [0, 0.1) is 6.92 Å². The van der Waals surface area contributed by atoms with Crippen LogP contribution < -0.4 is 10.1 Å². The molecule has 0 aliphatic rings. The monoisotopic (exact) mass is 349 g/mol. The predicted molar refractivity (Wildman–Crippen MR) is 103 cm³/mol. The molecule has 1 amide bonds. The molecule has 3 aromatic rings. The van der Waals surface area contributed by atoms with Gasteiger partial charge < -0.3 is 4.74 Å².